The van der Waals surface area contributed by atoms with E-state index >= 15 is 0 Å². The summed E-state index contributed by atoms with van der Waals surface area (Å²) in [7, 11) is 0. The molecule has 0 aliphatic carbocycles. The van der Waals surface area contributed by atoms with E-state index in [9.17, 15) is 0 Å². The first kappa shape index (κ1) is 16.8. The Hall–Kier alpha value is -2.67. The highest BCUT2D eigenvalue weighted by Gasteiger charge is 2.14. The zero-order valence-electron chi connectivity index (χ0n) is 15.1. The lowest BCUT2D eigenvalue weighted by Gasteiger charge is -2.24. The molecule has 3 heterocycles. The molecule has 0 saturated carbocycles. The van der Waals surface area contributed by atoms with Crippen molar-refractivity contribution in [1.82, 2.24) is 24.8 Å². The van der Waals surface area contributed by atoms with E-state index in [4.69, 9.17) is 9.72 Å². The summed E-state index contributed by atoms with van der Waals surface area (Å²) in [5.74, 6) is 2.35. The predicted molar refractivity (Wildman–Crippen MR) is 102 cm³/mol. The predicted octanol–water partition coefficient (Wildman–Crippen LogP) is 2.77. The number of ether oxygens (including phenoxy) is 1. The van der Waals surface area contributed by atoms with E-state index in [1.54, 1.807) is 18.7 Å². The lowest BCUT2D eigenvalue weighted by molar-refractivity contribution is 0.242. The molecular formula is C19H24N6O. The number of piperidine rings is 1. The van der Waals surface area contributed by atoms with Crippen LogP contribution in [0.2, 0.25) is 0 Å². The van der Waals surface area contributed by atoms with Crippen molar-refractivity contribution < 1.29 is 4.74 Å². The molecule has 2 N–H and O–H groups in total. The summed E-state index contributed by atoms with van der Waals surface area (Å²) in [6.45, 7) is 6.08. The molecule has 1 fully saturated rings. The molecule has 0 amide bonds. The van der Waals surface area contributed by atoms with Crippen LogP contribution in [0.1, 0.15) is 26.7 Å². The van der Waals surface area contributed by atoms with Crippen LogP contribution in [0.25, 0.3) is 16.9 Å². The number of hydrogen-bond acceptors (Lipinski definition) is 6. The zero-order valence-corrected chi connectivity index (χ0v) is 15.1. The Balaban J connectivity index is 1.63. The van der Waals surface area contributed by atoms with Crippen LogP contribution < -0.4 is 15.4 Å². The number of aromatic nitrogens is 4. The monoisotopic (exact) mass is 352 g/mol. The summed E-state index contributed by atoms with van der Waals surface area (Å²) >= 11 is 0. The number of benzene rings is 1. The van der Waals surface area contributed by atoms with Gasteiger partial charge in [-0.05, 0) is 45.4 Å². The van der Waals surface area contributed by atoms with Crippen LogP contribution in [0.15, 0.2) is 36.9 Å². The maximum absolute atomic E-state index is 5.81. The molecule has 136 valence electrons. The Morgan fingerprint density at radius 3 is 3.04 bits per heavy atom. The largest absolute Gasteiger partial charge is 0.491 e. The number of anilines is 1. The van der Waals surface area contributed by atoms with Crippen LogP contribution in [-0.2, 0) is 0 Å². The molecule has 1 aromatic carbocycles. The first-order chi connectivity index (χ1) is 12.7. The average molecular weight is 352 g/mol. The second-order valence-electron chi connectivity index (χ2n) is 6.88. The molecule has 1 aliphatic rings. The third-order valence-electron chi connectivity index (χ3n) is 4.41. The topological polar surface area (TPSA) is 76.9 Å². The van der Waals surface area contributed by atoms with Crippen molar-refractivity contribution in [2.75, 3.05) is 18.4 Å². The standard InChI is InChI=1S/C19H24N6O/c1-13(2)26-15-5-6-16-17(8-15)25(12-22-16)19-11-21-10-18(24-19)23-14-4-3-7-20-9-14/h5-6,8,10-14,20H,3-4,7,9H2,1-2H3,(H,23,24)/t14-/m1/s1. The van der Waals surface area contributed by atoms with Gasteiger partial charge in [-0.15, -0.1) is 0 Å². The van der Waals surface area contributed by atoms with E-state index in [0.717, 1.165) is 47.9 Å². The van der Waals surface area contributed by atoms with E-state index in [-0.39, 0.29) is 6.10 Å². The number of fused-ring (bicyclic) bond motifs is 1. The fourth-order valence-electron chi connectivity index (χ4n) is 3.24. The van der Waals surface area contributed by atoms with Crippen molar-refractivity contribution in [3.05, 3.63) is 36.9 Å². The summed E-state index contributed by atoms with van der Waals surface area (Å²) in [6, 6.07) is 6.29. The van der Waals surface area contributed by atoms with E-state index in [0.29, 0.717) is 6.04 Å². The number of rotatable bonds is 5. The van der Waals surface area contributed by atoms with Gasteiger partial charge in [0.2, 0.25) is 0 Å². The molecule has 4 rings (SSSR count). The summed E-state index contributed by atoms with van der Waals surface area (Å²) in [4.78, 5) is 13.6. The summed E-state index contributed by atoms with van der Waals surface area (Å²) in [5, 5.41) is 6.88. The van der Waals surface area contributed by atoms with Crippen molar-refractivity contribution in [2.45, 2.75) is 38.8 Å². The first-order valence-electron chi connectivity index (χ1n) is 9.12. The van der Waals surface area contributed by atoms with Crippen LogP contribution in [0.5, 0.6) is 5.75 Å². The highest BCUT2D eigenvalue weighted by atomic mass is 16.5. The van der Waals surface area contributed by atoms with Gasteiger partial charge in [0.25, 0.3) is 0 Å². The Bertz CT molecular complexity index is 885. The minimum absolute atomic E-state index is 0.125. The van der Waals surface area contributed by atoms with E-state index in [2.05, 4.69) is 20.6 Å². The molecule has 0 bridgehead atoms. The number of hydrogen-bond donors (Lipinski definition) is 2. The van der Waals surface area contributed by atoms with Gasteiger partial charge in [-0.1, -0.05) is 0 Å². The quantitative estimate of drug-likeness (QED) is 0.735. The van der Waals surface area contributed by atoms with Crippen molar-refractivity contribution in [3.63, 3.8) is 0 Å². The molecule has 3 aromatic rings. The summed E-state index contributed by atoms with van der Waals surface area (Å²) in [6.07, 6.45) is 7.74. The van der Waals surface area contributed by atoms with Crippen molar-refractivity contribution >= 4 is 16.9 Å². The zero-order chi connectivity index (χ0) is 17.9. The Kier molecular flexibility index (Phi) is 4.71. The Morgan fingerprint density at radius 1 is 1.31 bits per heavy atom. The highest BCUT2D eigenvalue weighted by Crippen LogP contribution is 2.23. The number of imidazole rings is 1. The van der Waals surface area contributed by atoms with Gasteiger partial charge in [0.15, 0.2) is 5.82 Å². The van der Waals surface area contributed by atoms with Gasteiger partial charge in [-0.2, -0.15) is 0 Å². The first-order valence-corrected chi connectivity index (χ1v) is 9.12. The molecule has 1 aliphatic heterocycles. The van der Waals surface area contributed by atoms with Crippen LogP contribution in [-0.4, -0.2) is 44.8 Å². The minimum Gasteiger partial charge on any atom is -0.491 e. The van der Waals surface area contributed by atoms with Crippen molar-refractivity contribution in [3.8, 4) is 11.6 Å². The fourth-order valence-corrected chi connectivity index (χ4v) is 3.24. The van der Waals surface area contributed by atoms with Gasteiger partial charge in [0.05, 0.1) is 29.5 Å². The van der Waals surface area contributed by atoms with Crippen molar-refractivity contribution in [2.24, 2.45) is 0 Å². The van der Waals surface area contributed by atoms with Gasteiger partial charge in [-0.3, -0.25) is 9.55 Å². The van der Waals surface area contributed by atoms with Crippen LogP contribution in [0.3, 0.4) is 0 Å². The van der Waals surface area contributed by atoms with Crippen LogP contribution >= 0.6 is 0 Å². The lowest BCUT2D eigenvalue weighted by Crippen LogP contribution is -2.38. The molecule has 1 saturated heterocycles. The number of nitrogens with one attached hydrogen (secondary N) is 2. The molecule has 7 heteroatoms. The highest BCUT2D eigenvalue weighted by molar-refractivity contribution is 5.78. The van der Waals surface area contributed by atoms with E-state index < -0.39 is 0 Å². The van der Waals surface area contributed by atoms with Gasteiger partial charge >= 0.3 is 0 Å². The molecule has 0 spiro atoms. The second-order valence-corrected chi connectivity index (χ2v) is 6.88. The SMILES string of the molecule is CC(C)Oc1ccc2ncn(-c3cncc(N[C@@H]4CCCNC4)n3)c2c1. The second kappa shape index (κ2) is 7.29. The van der Waals surface area contributed by atoms with E-state index in [1.165, 1.54) is 6.42 Å². The van der Waals surface area contributed by atoms with Gasteiger partial charge in [-0.25, -0.2) is 9.97 Å². The molecule has 0 unspecified atom stereocenters. The number of nitrogens with zero attached hydrogens (tertiary/aromatic N) is 4. The molecule has 26 heavy (non-hydrogen) atoms. The van der Waals surface area contributed by atoms with E-state index in [1.807, 2.05) is 36.6 Å². The van der Waals surface area contributed by atoms with Crippen LogP contribution in [0.4, 0.5) is 5.82 Å². The summed E-state index contributed by atoms with van der Waals surface area (Å²) < 4.78 is 7.75. The van der Waals surface area contributed by atoms with Crippen molar-refractivity contribution in [1.29, 1.82) is 0 Å². The normalized spacial score (nSPS) is 17.6. The smallest absolute Gasteiger partial charge is 0.159 e. The Morgan fingerprint density at radius 2 is 2.23 bits per heavy atom. The maximum Gasteiger partial charge on any atom is 0.159 e. The molecule has 1 atom stereocenters. The van der Waals surface area contributed by atoms with Gasteiger partial charge in [0, 0.05) is 18.7 Å². The lowest BCUT2D eigenvalue weighted by atomic mass is 10.1. The molecule has 7 nitrogen and oxygen atoms in total. The third kappa shape index (κ3) is 3.62. The summed E-state index contributed by atoms with van der Waals surface area (Å²) in [5.41, 5.74) is 1.85. The fraction of sp³-hybridized carbons (Fsp3) is 0.421. The third-order valence-corrected chi connectivity index (χ3v) is 4.41. The average Bonchev–Trinajstić information content (AvgIpc) is 3.05. The van der Waals surface area contributed by atoms with Gasteiger partial charge in [0.1, 0.15) is 17.9 Å². The molecular weight excluding hydrogens is 328 g/mol. The molecule has 2 aromatic heterocycles. The van der Waals surface area contributed by atoms with Crippen LogP contribution in [0, 0.1) is 0 Å². The maximum atomic E-state index is 5.81. The Labute approximate surface area is 152 Å². The molecule has 0 radical (unpaired) electrons. The minimum atomic E-state index is 0.125. The van der Waals surface area contributed by atoms with Gasteiger partial charge < -0.3 is 15.4 Å².